The Bertz CT molecular complexity index is 278. The van der Waals surface area contributed by atoms with Crippen LogP contribution in [0.5, 0.6) is 0 Å². The lowest BCUT2D eigenvalue weighted by Crippen LogP contribution is -2.09. The van der Waals surface area contributed by atoms with Gasteiger partial charge in [0.2, 0.25) is 0 Å². The summed E-state index contributed by atoms with van der Waals surface area (Å²) in [6, 6.07) is 4.42. The quantitative estimate of drug-likeness (QED) is 0.735. The van der Waals surface area contributed by atoms with E-state index in [1.807, 2.05) is 0 Å². The van der Waals surface area contributed by atoms with E-state index in [0.29, 0.717) is 23.8 Å². The molecule has 13 heavy (non-hydrogen) atoms. The molecule has 0 aliphatic rings. The molecule has 0 aromatic heterocycles. The van der Waals surface area contributed by atoms with Crippen LogP contribution in [-0.4, -0.2) is 13.1 Å². The number of rotatable bonds is 4. The number of hydrogen-bond acceptors (Lipinski definition) is 2. The van der Waals surface area contributed by atoms with Crippen molar-refractivity contribution in [2.24, 2.45) is 5.73 Å². The number of nitrogens with one attached hydrogen (secondary N) is 1. The number of hydrogen-bond donors (Lipinski definition) is 2. The maximum atomic E-state index is 13.0. The topological polar surface area (TPSA) is 38.0 Å². The first-order valence-electron chi connectivity index (χ1n) is 4.13. The number of halogens is 2. The molecule has 1 aromatic rings. The first-order chi connectivity index (χ1) is 6.24. The fraction of sp³-hybridized carbons (Fsp3) is 0.333. The van der Waals surface area contributed by atoms with Crippen LogP contribution in [0, 0.1) is 5.82 Å². The van der Waals surface area contributed by atoms with Gasteiger partial charge in [-0.1, -0.05) is 11.6 Å². The molecule has 0 fully saturated rings. The van der Waals surface area contributed by atoms with Gasteiger partial charge < -0.3 is 11.1 Å². The molecule has 1 rings (SSSR count). The van der Waals surface area contributed by atoms with Crippen LogP contribution in [0.4, 0.5) is 10.1 Å². The Morgan fingerprint density at radius 1 is 1.46 bits per heavy atom. The van der Waals surface area contributed by atoms with E-state index in [1.54, 1.807) is 6.07 Å². The zero-order chi connectivity index (χ0) is 9.68. The standard InChI is InChI=1S/C9H12ClFN2/c10-7-2-3-8(11)9(6-7)13-5-1-4-12/h2-3,6,13H,1,4-5,12H2. The molecule has 0 radical (unpaired) electrons. The highest BCUT2D eigenvalue weighted by Gasteiger charge is 2.00. The van der Waals surface area contributed by atoms with Crippen molar-refractivity contribution in [1.29, 1.82) is 0 Å². The molecule has 0 amide bonds. The molecule has 4 heteroatoms. The maximum Gasteiger partial charge on any atom is 0.146 e. The molecule has 2 nitrogen and oxygen atoms in total. The van der Waals surface area contributed by atoms with Gasteiger partial charge in [-0.3, -0.25) is 0 Å². The molecule has 0 aliphatic carbocycles. The Labute approximate surface area is 81.9 Å². The highest BCUT2D eigenvalue weighted by molar-refractivity contribution is 6.30. The summed E-state index contributed by atoms with van der Waals surface area (Å²) in [7, 11) is 0. The van der Waals surface area contributed by atoms with E-state index in [-0.39, 0.29) is 5.82 Å². The summed E-state index contributed by atoms with van der Waals surface area (Å²) in [5, 5.41) is 3.44. The van der Waals surface area contributed by atoms with Crippen LogP contribution < -0.4 is 11.1 Å². The van der Waals surface area contributed by atoms with Crippen LogP contribution in [-0.2, 0) is 0 Å². The third-order valence-electron chi connectivity index (χ3n) is 1.62. The van der Waals surface area contributed by atoms with Crippen molar-refractivity contribution in [1.82, 2.24) is 0 Å². The van der Waals surface area contributed by atoms with Gasteiger partial charge in [0.25, 0.3) is 0 Å². The minimum Gasteiger partial charge on any atom is -0.383 e. The summed E-state index contributed by atoms with van der Waals surface area (Å²) in [5.74, 6) is -0.290. The van der Waals surface area contributed by atoms with Gasteiger partial charge in [0.05, 0.1) is 5.69 Å². The molecule has 3 N–H and O–H groups in total. The summed E-state index contributed by atoms with van der Waals surface area (Å²) in [6.45, 7) is 1.25. The molecule has 1 aromatic carbocycles. The molecule has 0 saturated carbocycles. The Balaban J connectivity index is 2.59. The van der Waals surface area contributed by atoms with Crippen LogP contribution in [0.3, 0.4) is 0 Å². The molecular formula is C9H12ClFN2. The summed E-state index contributed by atoms with van der Waals surface area (Å²) in [4.78, 5) is 0. The average Bonchev–Trinajstić information content (AvgIpc) is 2.11. The first kappa shape index (κ1) is 10.3. The minimum atomic E-state index is -0.290. The fourth-order valence-electron chi connectivity index (χ4n) is 0.958. The summed E-state index contributed by atoms with van der Waals surface area (Å²) >= 11 is 5.70. The second kappa shape index (κ2) is 5.04. The van der Waals surface area contributed by atoms with Crippen molar-refractivity contribution >= 4 is 17.3 Å². The molecule has 0 aliphatic heterocycles. The molecule has 72 valence electrons. The smallest absolute Gasteiger partial charge is 0.146 e. The number of anilines is 1. The van der Waals surface area contributed by atoms with Crippen LogP contribution in [0.1, 0.15) is 6.42 Å². The summed E-state index contributed by atoms with van der Waals surface area (Å²) in [5.41, 5.74) is 5.73. The highest BCUT2D eigenvalue weighted by Crippen LogP contribution is 2.19. The van der Waals surface area contributed by atoms with Crippen molar-refractivity contribution in [2.75, 3.05) is 18.4 Å². The third-order valence-corrected chi connectivity index (χ3v) is 1.86. The number of benzene rings is 1. The van der Waals surface area contributed by atoms with E-state index in [2.05, 4.69) is 5.32 Å². The lowest BCUT2D eigenvalue weighted by atomic mass is 10.3. The second-order valence-electron chi connectivity index (χ2n) is 2.69. The van der Waals surface area contributed by atoms with Gasteiger partial charge in [-0.25, -0.2) is 4.39 Å². The lowest BCUT2D eigenvalue weighted by molar-refractivity contribution is 0.629. The van der Waals surface area contributed by atoms with Crippen molar-refractivity contribution in [2.45, 2.75) is 6.42 Å². The van der Waals surface area contributed by atoms with Crippen molar-refractivity contribution in [3.8, 4) is 0 Å². The van der Waals surface area contributed by atoms with E-state index < -0.39 is 0 Å². The van der Waals surface area contributed by atoms with Crippen LogP contribution >= 0.6 is 11.6 Å². The number of nitrogens with two attached hydrogens (primary N) is 1. The maximum absolute atomic E-state index is 13.0. The van der Waals surface area contributed by atoms with Gasteiger partial charge >= 0.3 is 0 Å². The summed E-state index contributed by atoms with van der Waals surface area (Å²) < 4.78 is 13.0. The predicted molar refractivity (Wildman–Crippen MR) is 53.6 cm³/mol. The Kier molecular flexibility index (Phi) is 3.99. The Hall–Kier alpha value is -0.800. The van der Waals surface area contributed by atoms with Crippen molar-refractivity contribution in [3.63, 3.8) is 0 Å². The largest absolute Gasteiger partial charge is 0.383 e. The van der Waals surface area contributed by atoms with E-state index in [1.165, 1.54) is 12.1 Å². The summed E-state index contributed by atoms with van der Waals surface area (Å²) in [6.07, 6.45) is 0.811. The van der Waals surface area contributed by atoms with Crippen LogP contribution in [0.25, 0.3) is 0 Å². The average molecular weight is 203 g/mol. The zero-order valence-corrected chi connectivity index (χ0v) is 7.94. The van der Waals surface area contributed by atoms with Gasteiger partial charge in [-0.2, -0.15) is 0 Å². The van der Waals surface area contributed by atoms with Gasteiger partial charge in [0.15, 0.2) is 0 Å². The Morgan fingerprint density at radius 2 is 2.23 bits per heavy atom. The minimum absolute atomic E-state index is 0.290. The van der Waals surface area contributed by atoms with Gasteiger partial charge in [0.1, 0.15) is 5.82 Å². The van der Waals surface area contributed by atoms with Gasteiger partial charge in [0, 0.05) is 11.6 Å². The molecule has 0 bridgehead atoms. The van der Waals surface area contributed by atoms with Crippen LogP contribution in [0.2, 0.25) is 5.02 Å². The zero-order valence-electron chi connectivity index (χ0n) is 7.19. The predicted octanol–water partition coefficient (Wildman–Crippen LogP) is 2.24. The Morgan fingerprint density at radius 3 is 2.92 bits per heavy atom. The van der Waals surface area contributed by atoms with E-state index >= 15 is 0 Å². The highest BCUT2D eigenvalue weighted by atomic mass is 35.5. The normalized spacial score (nSPS) is 10.1. The molecule has 0 spiro atoms. The van der Waals surface area contributed by atoms with Crippen LogP contribution in [0.15, 0.2) is 18.2 Å². The van der Waals surface area contributed by atoms with Crippen molar-refractivity contribution in [3.05, 3.63) is 29.0 Å². The fourth-order valence-corrected chi connectivity index (χ4v) is 1.13. The van der Waals surface area contributed by atoms with Gasteiger partial charge in [-0.15, -0.1) is 0 Å². The van der Waals surface area contributed by atoms with E-state index in [4.69, 9.17) is 17.3 Å². The van der Waals surface area contributed by atoms with Gasteiger partial charge in [-0.05, 0) is 31.2 Å². The molecular weight excluding hydrogens is 191 g/mol. The molecule has 0 unspecified atom stereocenters. The lowest BCUT2D eigenvalue weighted by Gasteiger charge is -2.06. The molecule has 0 saturated heterocycles. The monoisotopic (exact) mass is 202 g/mol. The molecule has 0 heterocycles. The first-order valence-corrected chi connectivity index (χ1v) is 4.51. The third kappa shape index (κ3) is 3.20. The molecule has 0 atom stereocenters. The van der Waals surface area contributed by atoms with E-state index in [0.717, 1.165) is 6.42 Å². The van der Waals surface area contributed by atoms with Crippen molar-refractivity contribution < 1.29 is 4.39 Å². The van der Waals surface area contributed by atoms with E-state index in [9.17, 15) is 4.39 Å². The SMILES string of the molecule is NCCCNc1cc(Cl)ccc1F. The second-order valence-corrected chi connectivity index (χ2v) is 3.13.